The standard InChI is InChI=1S/C17H19ClFN3/c1-12-2-3-13(18)10-17(12)22-8-6-21(7-9-22)16-5-4-14(20)11-15(16)19/h2-5,10-11H,6-9,20H2,1H3. The average Bonchev–Trinajstić information content (AvgIpc) is 2.50. The lowest BCUT2D eigenvalue weighted by Gasteiger charge is -2.38. The van der Waals surface area contributed by atoms with E-state index in [4.69, 9.17) is 17.3 Å². The second-order valence-electron chi connectivity index (χ2n) is 5.62. The molecule has 0 spiro atoms. The van der Waals surface area contributed by atoms with Crippen LogP contribution in [-0.4, -0.2) is 26.2 Å². The van der Waals surface area contributed by atoms with Crippen LogP contribution in [0.4, 0.5) is 21.5 Å². The third-order valence-electron chi connectivity index (χ3n) is 4.10. The third-order valence-corrected chi connectivity index (χ3v) is 4.34. The molecular formula is C17H19ClFN3. The maximum atomic E-state index is 14.0. The van der Waals surface area contributed by atoms with E-state index < -0.39 is 0 Å². The van der Waals surface area contributed by atoms with Crippen molar-refractivity contribution in [3.63, 3.8) is 0 Å². The highest BCUT2D eigenvalue weighted by Gasteiger charge is 2.20. The van der Waals surface area contributed by atoms with E-state index in [1.54, 1.807) is 12.1 Å². The summed E-state index contributed by atoms with van der Waals surface area (Å²) in [4.78, 5) is 4.36. The lowest BCUT2D eigenvalue weighted by Crippen LogP contribution is -2.47. The van der Waals surface area contributed by atoms with E-state index >= 15 is 0 Å². The highest BCUT2D eigenvalue weighted by atomic mass is 35.5. The van der Waals surface area contributed by atoms with Gasteiger partial charge in [0, 0.05) is 42.6 Å². The summed E-state index contributed by atoms with van der Waals surface area (Å²) < 4.78 is 14.0. The Kier molecular flexibility index (Phi) is 4.12. The number of piperazine rings is 1. The Balaban J connectivity index is 1.73. The number of nitrogens with zero attached hydrogens (tertiary/aromatic N) is 2. The first-order valence-corrected chi connectivity index (χ1v) is 7.73. The Morgan fingerprint density at radius 3 is 2.23 bits per heavy atom. The molecule has 3 nitrogen and oxygen atoms in total. The van der Waals surface area contributed by atoms with Gasteiger partial charge in [-0.2, -0.15) is 0 Å². The fourth-order valence-corrected chi connectivity index (χ4v) is 3.06. The molecule has 3 rings (SSSR count). The topological polar surface area (TPSA) is 32.5 Å². The zero-order chi connectivity index (χ0) is 15.7. The molecule has 1 heterocycles. The fraction of sp³-hybridized carbons (Fsp3) is 0.294. The van der Waals surface area contributed by atoms with Gasteiger partial charge in [0.25, 0.3) is 0 Å². The van der Waals surface area contributed by atoms with Crippen molar-refractivity contribution in [3.05, 3.63) is 52.8 Å². The molecule has 22 heavy (non-hydrogen) atoms. The van der Waals surface area contributed by atoms with Gasteiger partial charge in [-0.3, -0.25) is 0 Å². The molecule has 5 heteroatoms. The average molecular weight is 320 g/mol. The minimum Gasteiger partial charge on any atom is -0.399 e. The lowest BCUT2D eigenvalue weighted by atomic mass is 10.1. The van der Waals surface area contributed by atoms with Gasteiger partial charge in [0.15, 0.2) is 0 Å². The van der Waals surface area contributed by atoms with Crippen LogP contribution in [-0.2, 0) is 0 Å². The molecule has 1 saturated heterocycles. The van der Waals surface area contributed by atoms with Crippen LogP contribution in [0.2, 0.25) is 5.02 Å². The van der Waals surface area contributed by atoms with Crippen LogP contribution >= 0.6 is 11.6 Å². The number of nitrogens with two attached hydrogens (primary N) is 1. The molecule has 2 aromatic carbocycles. The van der Waals surface area contributed by atoms with E-state index in [1.165, 1.54) is 11.6 Å². The van der Waals surface area contributed by atoms with Gasteiger partial charge in [-0.05, 0) is 42.8 Å². The van der Waals surface area contributed by atoms with Crippen LogP contribution in [0.5, 0.6) is 0 Å². The molecule has 0 aromatic heterocycles. The molecule has 1 aliphatic rings. The molecule has 2 N–H and O–H groups in total. The molecule has 0 unspecified atom stereocenters. The number of aryl methyl sites for hydroxylation is 1. The normalized spacial score (nSPS) is 15.2. The van der Waals surface area contributed by atoms with Crippen molar-refractivity contribution in [3.8, 4) is 0 Å². The van der Waals surface area contributed by atoms with E-state index in [0.717, 1.165) is 36.9 Å². The van der Waals surface area contributed by atoms with E-state index in [0.29, 0.717) is 11.4 Å². The van der Waals surface area contributed by atoms with Gasteiger partial charge in [0.2, 0.25) is 0 Å². The zero-order valence-electron chi connectivity index (χ0n) is 12.5. The molecule has 0 bridgehead atoms. The minimum atomic E-state index is -0.257. The first kappa shape index (κ1) is 15.0. The molecule has 0 amide bonds. The van der Waals surface area contributed by atoms with Crippen molar-refractivity contribution in [2.24, 2.45) is 0 Å². The van der Waals surface area contributed by atoms with Gasteiger partial charge in [0.05, 0.1) is 5.69 Å². The molecule has 1 fully saturated rings. The molecule has 0 aliphatic carbocycles. The van der Waals surface area contributed by atoms with Crippen LogP contribution in [0.25, 0.3) is 0 Å². The van der Waals surface area contributed by atoms with Crippen LogP contribution in [0.15, 0.2) is 36.4 Å². The first-order valence-electron chi connectivity index (χ1n) is 7.35. The number of benzene rings is 2. The number of hydrogen-bond donors (Lipinski definition) is 1. The minimum absolute atomic E-state index is 0.257. The molecule has 0 radical (unpaired) electrons. The Bertz CT molecular complexity index is 682. The van der Waals surface area contributed by atoms with Crippen LogP contribution in [0.3, 0.4) is 0 Å². The summed E-state index contributed by atoms with van der Waals surface area (Å²) in [6.07, 6.45) is 0. The number of rotatable bonds is 2. The second kappa shape index (κ2) is 6.05. The maximum Gasteiger partial charge on any atom is 0.148 e. The van der Waals surface area contributed by atoms with Crippen molar-refractivity contribution in [1.29, 1.82) is 0 Å². The smallest absolute Gasteiger partial charge is 0.148 e. The highest BCUT2D eigenvalue weighted by molar-refractivity contribution is 6.30. The van der Waals surface area contributed by atoms with Crippen LogP contribution in [0, 0.1) is 12.7 Å². The monoisotopic (exact) mass is 319 g/mol. The van der Waals surface area contributed by atoms with E-state index in [1.807, 2.05) is 18.2 Å². The predicted octanol–water partition coefficient (Wildman–Crippen LogP) is 3.70. The summed E-state index contributed by atoms with van der Waals surface area (Å²) in [5, 5.41) is 0.743. The Morgan fingerprint density at radius 2 is 1.59 bits per heavy atom. The SMILES string of the molecule is Cc1ccc(Cl)cc1N1CCN(c2ccc(N)cc2F)CC1. The summed E-state index contributed by atoms with van der Waals surface area (Å²) in [5.41, 5.74) is 9.04. The fourth-order valence-electron chi connectivity index (χ4n) is 2.89. The van der Waals surface area contributed by atoms with Crippen molar-refractivity contribution >= 4 is 28.7 Å². The summed E-state index contributed by atoms with van der Waals surface area (Å²) >= 11 is 6.10. The number of anilines is 3. The Labute approximate surface area is 135 Å². The molecule has 116 valence electrons. The zero-order valence-corrected chi connectivity index (χ0v) is 13.3. The van der Waals surface area contributed by atoms with Gasteiger partial charge in [-0.1, -0.05) is 17.7 Å². The van der Waals surface area contributed by atoms with E-state index in [9.17, 15) is 4.39 Å². The molecular weight excluding hydrogens is 301 g/mol. The summed E-state index contributed by atoms with van der Waals surface area (Å²) in [7, 11) is 0. The van der Waals surface area contributed by atoms with Gasteiger partial charge >= 0.3 is 0 Å². The van der Waals surface area contributed by atoms with Crippen molar-refractivity contribution < 1.29 is 4.39 Å². The number of hydrogen-bond acceptors (Lipinski definition) is 3. The van der Waals surface area contributed by atoms with Gasteiger partial charge in [0.1, 0.15) is 5.82 Å². The number of halogens is 2. The summed E-state index contributed by atoms with van der Waals surface area (Å²) in [6.45, 7) is 5.30. The Hall–Kier alpha value is -1.94. The number of nitrogen functional groups attached to an aromatic ring is 1. The summed E-state index contributed by atoms with van der Waals surface area (Å²) in [5.74, 6) is -0.257. The van der Waals surface area contributed by atoms with Gasteiger partial charge in [-0.25, -0.2) is 4.39 Å². The van der Waals surface area contributed by atoms with E-state index in [2.05, 4.69) is 16.7 Å². The largest absolute Gasteiger partial charge is 0.399 e. The third kappa shape index (κ3) is 2.97. The molecule has 0 saturated carbocycles. The molecule has 2 aromatic rings. The second-order valence-corrected chi connectivity index (χ2v) is 6.05. The molecule has 1 aliphatic heterocycles. The molecule has 0 atom stereocenters. The van der Waals surface area contributed by atoms with Crippen molar-refractivity contribution in [2.45, 2.75) is 6.92 Å². The van der Waals surface area contributed by atoms with Crippen LogP contribution < -0.4 is 15.5 Å². The lowest BCUT2D eigenvalue weighted by molar-refractivity contribution is 0.598. The van der Waals surface area contributed by atoms with Crippen molar-refractivity contribution in [1.82, 2.24) is 0 Å². The quantitative estimate of drug-likeness (QED) is 0.857. The van der Waals surface area contributed by atoms with Gasteiger partial charge < -0.3 is 15.5 Å². The highest BCUT2D eigenvalue weighted by Crippen LogP contribution is 2.27. The van der Waals surface area contributed by atoms with Gasteiger partial charge in [-0.15, -0.1) is 0 Å². The van der Waals surface area contributed by atoms with Crippen LogP contribution in [0.1, 0.15) is 5.56 Å². The summed E-state index contributed by atoms with van der Waals surface area (Å²) in [6, 6.07) is 10.8. The Morgan fingerprint density at radius 1 is 0.955 bits per heavy atom. The first-order chi connectivity index (χ1) is 10.5. The van der Waals surface area contributed by atoms with E-state index in [-0.39, 0.29) is 5.82 Å². The maximum absolute atomic E-state index is 14.0. The van der Waals surface area contributed by atoms with Crippen molar-refractivity contribution in [2.75, 3.05) is 41.7 Å². The predicted molar refractivity (Wildman–Crippen MR) is 91.4 cm³/mol.